The fourth-order valence-electron chi connectivity index (χ4n) is 2.07. The maximum absolute atomic E-state index is 11.0. The summed E-state index contributed by atoms with van der Waals surface area (Å²) in [5, 5.41) is 2.86. The average Bonchev–Trinajstić information content (AvgIpc) is 2.51. The molecule has 0 radical (unpaired) electrons. The number of carbonyl (C=O) groups excluding carboxylic acids is 1. The van der Waals surface area contributed by atoms with E-state index in [0.717, 1.165) is 12.1 Å². The van der Waals surface area contributed by atoms with Gasteiger partial charge in [0.15, 0.2) is 0 Å². The van der Waals surface area contributed by atoms with Crippen molar-refractivity contribution in [3.8, 4) is 0 Å². The van der Waals surface area contributed by atoms with E-state index in [1.807, 2.05) is 6.92 Å². The minimum Gasteiger partial charge on any atom is -0.326 e. The summed E-state index contributed by atoms with van der Waals surface area (Å²) in [6, 6.07) is 4.33. The second kappa shape index (κ2) is 3.45. The van der Waals surface area contributed by atoms with Crippen LogP contribution >= 0.6 is 0 Å². The zero-order chi connectivity index (χ0) is 10.1. The van der Waals surface area contributed by atoms with E-state index in [1.54, 1.807) is 6.92 Å². The summed E-state index contributed by atoms with van der Waals surface area (Å²) in [5.41, 5.74) is 5.00. The van der Waals surface area contributed by atoms with Crippen LogP contribution in [0.5, 0.6) is 0 Å². The summed E-state index contributed by atoms with van der Waals surface area (Å²) in [6.45, 7) is 3.59. The molecule has 0 atom stereocenters. The van der Waals surface area contributed by atoms with Gasteiger partial charge in [-0.05, 0) is 48.9 Å². The molecule has 1 aliphatic rings. The molecule has 0 unspecified atom stereocenters. The first-order valence-electron chi connectivity index (χ1n) is 5.07. The van der Waals surface area contributed by atoms with Gasteiger partial charge in [0.1, 0.15) is 0 Å². The van der Waals surface area contributed by atoms with Crippen molar-refractivity contribution in [3.63, 3.8) is 0 Å². The molecule has 74 valence electrons. The lowest BCUT2D eigenvalue weighted by molar-refractivity contribution is -0.114. The molecule has 1 N–H and O–H groups in total. The van der Waals surface area contributed by atoms with Crippen molar-refractivity contribution in [1.29, 1.82) is 0 Å². The fourth-order valence-corrected chi connectivity index (χ4v) is 2.07. The Morgan fingerprint density at radius 2 is 1.93 bits per heavy atom. The number of hydrogen-bond donors (Lipinski definition) is 1. The number of amides is 1. The van der Waals surface area contributed by atoms with E-state index in [0.29, 0.717) is 0 Å². The Bertz CT molecular complexity index is 382. The molecular weight excluding hydrogens is 174 g/mol. The van der Waals surface area contributed by atoms with E-state index in [2.05, 4.69) is 17.4 Å². The smallest absolute Gasteiger partial charge is 0.221 e. The van der Waals surface area contributed by atoms with Crippen molar-refractivity contribution >= 4 is 11.6 Å². The van der Waals surface area contributed by atoms with Crippen LogP contribution < -0.4 is 5.32 Å². The molecule has 2 nitrogen and oxygen atoms in total. The fraction of sp³-hybridized carbons (Fsp3) is 0.417. The van der Waals surface area contributed by atoms with Crippen molar-refractivity contribution in [2.24, 2.45) is 0 Å². The van der Waals surface area contributed by atoms with Crippen LogP contribution in [0.3, 0.4) is 0 Å². The standard InChI is InChI=1S/C12H15NO/c1-8-6-10-4-3-5-11(10)7-12(8)13-9(2)14/h6-7H,3-5H2,1-2H3,(H,13,14). The lowest BCUT2D eigenvalue weighted by Gasteiger charge is -2.09. The molecule has 1 aromatic carbocycles. The molecule has 0 saturated heterocycles. The van der Waals surface area contributed by atoms with E-state index in [1.165, 1.54) is 29.5 Å². The molecule has 2 heteroatoms. The highest BCUT2D eigenvalue weighted by Crippen LogP contribution is 2.27. The monoisotopic (exact) mass is 189 g/mol. The maximum atomic E-state index is 11.0. The quantitative estimate of drug-likeness (QED) is 0.722. The van der Waals surface area contributed by atoms with Gasteiger partial charge in [0, 0.05) is 12.6 Å². The van der Waals surface area contributed by atoms with E-state index in [-0.39, 0.29) is 5.91 Å². The average molecular weight is 189 g/mol. The first-order valence-corrected chi connectivity index (χ1v) is 5.07. The maximum Gasteiger partial charge on any atom is 0.221 e. The lowest BCUT2D eigenvalue weighted by atomic mass is 10.1. The van der Waals surface area contributed by atoms with Gasteiger partial charge in [-0.1, -0.05) is 6.07 Å². The second-order valence-corrected chi connectivity index (χ2v) is 3.97. The van der Waals surface area contributed by atoms with Crippen LogP contribution in [0.1, 0.15) is 30.0 Å². The first kappa shape index (κ1) is 9.25. The molecule has 0 aromatic heterocycles. The summed E-state index contributed by atoms with van der Waals surface area (Å²) >= 11 is 0. The molecule has 0 fully saturated rings. The van der Waals surface area contributed by atoms with Gasteiger partial charge in [-0.15, -0.1) is 0 Å². The zero-order valence-corrected chi connectivity index (χ0v) is 8.68. The summed E-state index contributed by atoms with van der Waals surface area (Å²) < 4.78 is 0. The number of benzene rings is 1. The topological polar surface area (TPSA) is 29.1 Å². The van der Waals surface area contributed by atoms with Crippen molar-refractivity contribution in [3.05, 3.63) is 28.8 Å². The number of hydrogen-bond acceptors (Lipinski definition) is 1. The van der Waals surface area contributed by atoms with Gasteiger partial charge < -0.3 is 5.32 Å². The van der Waals surface area contributed by atoms with Crippen LogP contribution in [0.2, 0.25) is 0 Å². The molecule has 0 heterocycles. The van der Waals surface area contributed by atoms with Gasteiger partial charge in [-0.3, -0.25) is 4.79 Å². The third-order valence-electron chi connectivity index (χ3n) is 2.75. The van der Waals surface area contributed by atoms with Crippen LogP contribution in [-0.4, -0.2) is 5.91 Å². The molecule has 0 spiro atoms. The minimum atomic E-state index is 0.00560. The summed E-state index contributed by atoms with van der Waals surface area (Å²) in [6.07, 6.45) is 3.59. The van der Waals surface area contributed by atoms with E-state index < -0.39 is 0 Å². The largest absolute Gasteiger partial charge is 0.326 e. The highest BCUT2D eigenvalue weighted by atomic mass is 16.1. The predicted octanol–water partition coefficient (Wildman–Crippen LogP) is 2.44. The van der Waals surface area contributed by atoms with Gasteiger partial charge in [-0.2, -0.15) is 0 Å². The van der Waals surface area contributed by atoms with Crippen LogP contribution in [0, 0.1) is 6.92 Å². The number of anilines is 1. The molecule has 0 saturated carbocycles. The molecule has 1 amide bonds. The molecule has 1 aliphatic carbocycles. The van der Waals surface area contributed by atoms with E-state index in [9.17, 15) is 4.79 Å². The Hall–Kier alpha value is -1.31. The zero-order valence-electron chi connectivity index (χ0n) is 8.68. The number of aryl methyl sites for hydroxylation is 3. The van der Waals surface area contributed by atoms with E-state index in [4.69, 9.17) is 0 Å². The van der Waals surface area contributed by atoms with Gasteiger partial charge in [0.25, 0.3) is 0 Å². The van der Waals surface area contributed by atoms with Crippen LogP contribution in [-0.2, 0) is 17.6 Å². The number of rotatable bonds is 1. The van der Waals surface area contributed by atoms with Gasteiger partial charge in [0.05, 0.1) is 0 Å². The van der Waals surface area contributed by atoms with Crippen LogP contribution in [0.4, 0.5) is 5.69 Å². The van der Waals surface area contributed by atoms with Crippen LogP contribution in [0.25, 0.3) is 0 Å². The Labute approximate surface area is 84.3 Å². The predicted molar refractivity (Wildman–Crippen MR) is 57.5 cm³/mol. The summed E-state index contributed by atoms with van der Waals surface area (Å²) in [7, 11) is 0. The molecule has 0 aliphatic heterocycles. The van der Waals surface area contributed by atoms with Crippen LogP contribution in [0.15, 0.2) is 12.1 Å². The Balaban J connectivity index is 2.37. The highest BCUT2D eigenvalue weighted by molar-refractivity contribution is 5.89. The second-order valence-electron chi connectivity index (χ2n) is 3.97. The summed E-state index contributed by atoms with van der Waals surface area (Å²) in [4.78, 5) is 11.0. The molecule has 1 aromatic rings. The van der Waals surface area contributed by atoms with Gasteiger partial charge in [0.2, 0.25) is 5.91 Å². The Morgan fingerprint density at radius 1 is 1.29 bits per heavy atom. The molecular formula is C12H15NO. The SMILES string of the molecule is CC(=O)Nc1cc2c(cc1C)CCC2. The number of fused-ring (bicyclic) bond motifs is 1. The Kier molecular flexibility index (Phi) is 2.28. The highest BCUT2D eigenvalue weighted by Gasteiger charge is 2.13. The molecule has 2 rings (SSSR count). The lowest BCUT2D eigenvalue weighted by Crippen LogP contribution is -2.07. The van der Waals surface area contributed by atoms with Crippen molar-refractivity contribution < 1.29 is 4.79 Å². The van der Waals surface area contributed by atoms with Gasteiger partial charge >= 0.3 is 0 Å². The summed E-state index contributed by atoms with van der Waals surface area (Å²) in [5.74, 6) is 0.00560. The van der Waals surface area contributed by atoms with Crippen molar-refractivity contribution in [2.45, 2.75) is 33.1 Å². The number of carbonyl (C=O) groups is 1. The Morgan fingerprint density at radius 3 is 2.57 bits per heavy atom. The first-order chi connectivity index (χ1) is 6.66. The van der Waals surface area contributed by atoms with E-state index >= 15 is 0 Å². The van der Waals surface area contributed by atoms with Gasteiger partial charge in [-0.25, -0.2) is 0 Å². The minimum absolute atomic E-state index is 0.00560. The third-order valence-corrected chi connectivity index (χ3v) is 2.75. The normalized spacial score (nSPS) is 13.9. The molecule has 0 bridgehead atoms. The third kappa shape index (κ3) is 1.65. The number of nitrogens with one attached hydrogen (secondary N) is 1. The van der Waals surface area contributed by atoms with Crippen molar-refractivity contribution in [1.82, 2.24) is 0 Å². The molecule has 14 heavy (non-hydrogen) atoms. The van der Waals surface area contributed by atoms with Crippen molar-refractivity contribution in [2.75, 3.05) is 5.32 Å².